The summed E-state index contributed by atoms with van der Waals surface area (Å²) in [5, 5.41) is 4.15. The van der Waals surface area contributed by atoms with Crippen LogP contribution in [0.1, 0.15) is 0 Å². The summed E-state index contributed by atoms with van der Waals surface area (Å²) in [5.41, 5.74) is 1.51. The van der Waals surface area contributed by atoms with Crippen molar-refractivity contribution >= 4 is 34.8 Å². The third-order valence-electron chi connectivity index (χ3n) is 2.75. The Bertz CT molecular complexity index is 745. The average Bonchev–Trinajstić information content (AvgIpc) is 2.52. The van der Waals surface area contributed by atoms with Gasteiger partial charge in [0.05, 0.1) is 21.4 Å². The monoisotopic (exact) mass is 316 g/mol. The van der Waals surface area contributed by atoms with Crippen molar-refractivity contribution in [3.8, 4) is 11.4 Å². The first kappa shape index (κ1) is 13.8. The highest BCUT2D eigenvalue weighted by Crippen LogP contribution is 2.26. The lowest BCUT2D eigenvalue weighted by atomic mass is 10.2. The van der Waals surface area contributed by atoms with E-state index >= 15 is 0 Å². The summed E-state index contributed by atoms with van der Waals surface area (Å²) in [7, 11) is 0. The normalized spacial score (nSPS) is 10.4. The fraction of sp³-hybridized carbons (Fsp3) is 0. The molecule has 3 rings (SSSR count). The van der Waals surface area contributed by atoms with E-state index in [9.17, 15) is 0 Å². The van der Waals surface area contributed by atoms with Gasteiger partial charge in [-0.1, -0.05) is 29.3 Å². The number of aromatic nitrogens is 3. The number of rotatable bonds is 3. The van der Waals surface area contributed by atoms with Gasteiger partial charge in [-0.2, -0.15) is 0 Å². The van der Waals surface area contributed by atoms with Crippen LogP contribution in [0, 0.1) is 0 Å². The molecule has 21 heavy (non-hydrogen) atoms. The Morgan fingerprint density at radius 2 is 1.76 bits per heavy atom. The van der Waals surface area contributed by atoms with Crippen LogP contribution in [-0.2, 0) is 0 Å². The van der Waals surface area contributed by atoms with Crippen molar-refractivity contribution in [3.63, 3.8) is 0 Å². The van der Waals surface area contributed by atoms with Crippen molar-refractivity contribution in [2.24, 2.45) is 0 Å². The predicted octanol–water partition coefficient (Wildman–Crippen LogP) is 4.59. The van der Waals surface area contributed by atoms with Crippen LogP contribution in [0.25, 0.3) is 11.4 Å². The van der Waals surface area contributed by atoms with Gasteiger partial charge in [-0.15, -0.1) is 0 Å². The molecular weight excluding hydrogens is 307 g/mol. The molecule has 3 aromatic rings. The summed E-state index contributed by atoms with van der Waals surface area (Å²) >= 11 is 12.0. The quantitative estimate of drug-likeness (QED) is 0.767. The first-order chi connectivity index (χ1) is 10.2. The molecule has 0 spiro atoms. The first-order valence-corrected chi connectivity index (χ1v) is 6.94. The molecule has 0 aromatic carbocycles. The molecule has 0 radical (unpaired) electrons. The highest BCUT2D eigenvalue weighted by molar-refractivity contribution is 6.33. The van der Waals surface area contributed by atoms with Gasteiger partial charge in [0, 0.05) is 12.4 Å². The number of halogens is 2. The van der Waals surface area contributed by atoms with E-state index in [1.54, 1.807) is 30.6 Å². The molecule has 6 heteroatoms. The standard InChI is InChI=1S/C15H10Cl2N4/c16-10-4-7-14(19-9-10)21-15-11(17)5-6-13(20-15)12-3-1-2-8-18-12/h1-9H,(H,19,20,21). The lowest BCUT2D eigenvalue weighted by Gasteiger charge is -2.08. The molecule has 0 aliphatic heterocycles. The van der Waals surface area contributed by atoms with E-state index in [0.29, 0.717) is 21.7 Å². The molecule has 3 heterocycles. The molecule has 0 saturated heterocycles. The van der Waals surface area contributed by atoms with E-state index in [1.165, 1.54) is 0 Å². The van der Waals surface area contributed by atoms with Crippen LogP contribution < -0.4 is 5.32 Å². The number of hydrogen-bond donors (Lipinski definition) is 1. The van der Waals surface area contributed by atoms with E-state index < -0.39 is 0 Å². The van der Waals surface area contributed by atoms with Gasteiger partial charge in [0.2, 0.25) is 0 Å². The maximum absolute atomic E-state index is 6.17. The molecule has 4 nitrogen and oxygen atoms in total. The highest BCUT2D eigenvalue weighted by Gasteiger charge is 2.07. The molecule has 104 valence electrons. The van der Waals surface area contributed by atoms with Crippen LogP contribution in [0.3, 0.4) is 0 Å². The van der Waals surface area contributed by atoms with Gasteiger partial charge in [-0.05, 0) is 36.4 Å². The minimum Gasteiger partial charge on any atom is -0.324 e. The molecular formula is C15H10Cl2N4. The third-order valence-corrected chi connectivity index (χ3v) is 3.28. The summed E-state index contributed by atoms with van der Waals surface area (Å²) in [5.74, 6) is 1.14. The Morgan fingerprint density at radius 1 is 0.857 bits per heavy atom. The van der Waals surface area contributed by atoms with E-state index in [-0.39, 0.29) is 0 Å². The van der Waals surface area contributed by atoms with Crippen molar-refractivity contribution < 1.29 is 0 Å². The molecule has 0 unspecified atom stereocenters. The Hall–Kier alpha value is -2.17. The van der Waals surface area contributed by atoms with Gasteiger partial charge in [-0.25, -0.2) is 9.97 Å². The second-order valence-electron chi connectivity index (χ2n) is 4.23. The maximum Gasteiger partial charge on any atom is 0.151 e. The predicted molar refractivity (Wildman–Crippen MR) is 85.0 cm³/mol. The van der Waals surface area contributed by atoms with E-state index in [4.69, 9.17) is 23.2 Å². The lowest BCUT2D eigenvalue weighted by Crippen LogP contribution is -1.98. The van der Waals surface area contributed by atoms with Crippen LogP contribution >= 0.6 is 23.2 Å². The Kier molecular flexibility index (Phi) is 3.99. The highest BCUT2D eigenvalue weighted by atomic mass is 35.5. The maximum atomic E-state index is 6.17. The van der Waals surface area contributed by atoms with Crippen molar-refractivity contribution in [3.05, 3.63) is 64.9 Å². The number of nitrogens with one attached hydrogen (secondary N) is 1. The zero-order valence-electron chi connectivity index (χ0n) is 10.8. The molecule has 0 saturated carbocycles. The van der Waals surface area contributed by atoms with Crippen LogP contribution in [0.2, 0.25) is 10.0 Å². The Morgan fingerprint density at radius 3 is 2.48 bits per heavy atom. The molecule has 0 aliphatic carbocycles. The van der Waals surface area contributed by atoms with Gasteiger partial charge in [-0.3, -0.25) is 4.98 Å². The summed E-state index contributed by atoms with van der Waals surface area (Å²) in [6, 6.07) is 12.8. The lowest BCUT2D eigenvalue weighted by molar-refractivity contribution is 1.22. The molecule has 0 fully saturated rings. The zero-order chi connectivity index (χ0) is 14.7. The van der Waals surface area contributed by atoms with Gasteiger partial charge >= 0.3 is 0 Å². The average molecular weight is 317 g/mol. The number of pyridine rings is 3. The van der Waals surface area contributed by atoms with Crippen LogP contribution in [0.15, 0.2) is 54.9 Å². The van der Waals surface area contributed by atoms with Crippen molar-refractivity contribution in [1.82, 2.24) is 15.0 Å². The van der Waals surface area contributed by atoms with Crippen LogP contribution in [0.4, 0.5) is 11.6 Å². The summed E-state index contributed by atoms with van der Waals surface area (Å²) in [6.07, 6.45) is 3.28. The van der Waals surface area contributed by atoms with Gasteiger partial charge in [0.25, 0.3) is 0 Å². The molecule has 0 atom stereocenters. The second kappa shape index (κ2) is 6.08. The SMILES string of the molecule is Clc1ccc(Nc2nc(-c3ccccn3)ccc2Cl)nc1. The molecule has 0 amide bonds. The van der Waals surface area contributed by atoms with Crippen molar-refractivity contribution in [2.45, 2.75) is 0 Å². The molecule has 0 aliphatic rings. The van der Waals surface area contributed by atoms with Gasteiger partial charge in [0.1, 0.15) is 5.82 Å². The third kappa shape index (κ3) is 3.29. The fourth-order valence-corrected chi connectivity index (χ4v) is 2.02. The molecule has 3 aromatic heterocycles. The molecule has 1 N–H and O–H groups in total. The van der Waals surface area contributed by atoms with Crippen LogP contribution in [-0.4, -0.2) is 15.0 Å². The van der Waals surface area contributed by atoms with Gasteiger partial charge in [0.15, 0.2) is 5.82 Å². The smallest absolute Gasteiger partial charge is 0.151 e. The zero-order valence-corrected chi connectivity index (χ0v) is 12.3. The summed E-state index contributed by atoms with van der Waals surface area (Å²) in [6.45, 7) is 0. The van der Waals surface area contributed by atoms with E-state index in [2.05, 4.69) is 20.3 Å². The van der Waals surface area contributed by atoms with E-state index in [1.807, 2.05) is 24.3 Å². The number of nitrogens with zero attached hydrogens (tertiary/aromatic N) is 3. The van der Waals surface area contributed by atoms with Gasteiger partial charge < -0.3 is 5.32 Å². The van der Waals surface area contributed by atoms with Crippen molar-refractivity contribution in [1.29, 1.82) is 0 Å². The topological polar surface area (TPSA) is 50.7 Å². The minimum atomic E-state index is 0.506. The number of anilines is 2. The molecule has 0 bridgehead atoms. The van der Waals surface area contributed by atoms with E-state index in [0.717, 1.165) is 11.4 Å². The van der Waals surface area contributed by atoms with Crippen LogP contribution in [0.5, 0.6) is 0 Å². The minimum absolute atomic E-state index is 0.506. The fourth-order valence-electron chi connectivity index (χ4n) is 1.76. The first-order valence-electron chi connectivity index (χ1n) is 6.19. The Balaban J connectivity index is 1.93. The number of hydrogen-bond acceptors (Lipinski definition) is 4. The Labute approximate surface area is 131 Å². The summed E-state index contributed by atoms with van der Waals surface area (Å²) in [4.78, 5) is 12.9. The summed E-state index contributed by atoms with van der Waals surface area (Å²) < 4.78 is 0. The largest absolute Gasteiger partial charge is 0.324 e. The second-order valence-corrected chi connectivity index (χ2v) is 5.07. The van der Waals surface area contributed by atoms with Crippen molar-refractivity contribution in [2.75, 3.05) is 5.32 Å².